The van der Waals surface area contributed by atoms with E-state index in [1.54, 1.807) is 11.9 Å². The molecule has 7 heteroatoms. The molecule has 0 radical (unpaired) electrons. The Morgan fingerprint density at radius 3 is 2.85 bits per heavy atom. The summed E-state index contributed by atoms with van der Waals surface area (Å²) in [5.74, 6) is 0.133. The summed E-state index contributed by atoms with van der Waals surface area (Å²) in [6, 6.07) is 1.46. The van der Waals surface area contributed by atoms with Crippen molar-refractivity contribution in [2.24, 2.45) is 18.7 Å². The van der Waals surface area contributed by atoms with Gasteiger partial charge in [-0.1, -0.05) is 13.3 Å². The summed E-state index contributed by atoms with van der Waals surface area (Å²) in [5.41, 5.74) is 6.32. The maximum absolute atomic E-state index is 12.5. The molecule has 20 heavy (non-hydrogen) atoms. The first-order valence-electron chi connectivity index (χ1n) is 6.79. The summed E-state index contributed by atoms with van der Waals surface area (Å²) in [5, 5.41) is 10.8. The number of hydrogen-bond acceptors (Lipinski definition) is 4. The van der Waals surface area contributed by atoms with Crippen LogP contribution in [0.4, 0.5) is 5.69 Å². The lowest BCUT2D eigenvalue weighted by Gasteiger charge is -2.36. The minimum Gasteiger partial charge on any atom is -0.340 e. The average Bonchev–Trinajstić information content (AvgIpc) is 2.81. The summed E-state index contributed by atoms with van der Waals surface area (Å²) in [4.78, 5) is 24.5. The number of piperidine rings is 1. The molecule has 1 aliphatic rings. The number of rotatable bonds is 3. The van der Waals surface area contributed by atoms with Gasteiger partial charge in [-0.3, -0.25) is 14.9 Å². The number of carbonyl (C=O) groups is 1. The molecule has 1 saturated heterocycles. The third-order valence-electron chi connectivity index (χ3n) is 4.02. The number of nitrogens with two attached hydrogens (primary N) is 1. The lowest BCUT2D eigenvalue weighted by molar-refractivity contribution is -0.384. The summed E-state index contributed by atoms with van der Waals surface area (Å²) < 4.78 is 1.51. The molecule has 1 fully saturated rings. The lowest BCUT2D eigenvalue weighted by Crippen LogP contribution is -2.49. The molecule has 0 aliphatic carbocycles. The molecule has 0 aromatic carbocycles. The van der Waals surface area contributed by atoms with Gasteiger partial charge in [-0.2, -0.15) is 0 Å². The van der Waals surface area contributed by atoms with Crippen molar-refractivity contribution in [2.45, 2.75) is 25.8 Å². The number of hydrogen-bond donors (Lipinski definition) is 1. The maximum Gasteiger partial charge on any atom is 0.287 e. The molecular weight excluding hydrogens is 260 g/mol. The fourth-order valence-electron chi connectivity index (χ4n) is 2.69. The highest BCUT2D eigenvalue weighted by Gasteiger charge is 2.30. The van der Waals surface area contributed by atoms with E-state index < -0.39 is 4.92 Å². The molecule has 110 valence electrons. The predicted octanol–water partition coefficient (Wildman–Crippen LogP) is 1.13. The fraction of sp³-hybridized carbons (Fsp3) is 0.615. The molecule has 7 nitrogen and oxygen atoms in total. The second-order valence-corrected chi connectivity index (χ2v) is 5.32. The molecule has 2 unspecified atom stereocenters. The third-order valence-corrected chi connectivity index (χ3v) is 4.02. The van der Waals surface area contributed by atoms with Gasteiger partial charge in [-0.15, -0.1) is 0 Å². The van der Waals surface area contributed by atoms with Crippen molar-refractivity contribution in [3.05, 3.63) is 28.1 Å². The Balaban J connectivity index is 2.17. The molecule has 1 aliphatic heterocycles. The van der Waals surface area contributed by atoms with Crippen LogP contribution >= 0.6 is 0 Å². The van der Waals surface area contributed by atoms with E-state index in [9.17, 15) is 14.9 Å². The van der Waals surface area contributed by atoms with E-state index in [2.05, 4.69) is 6.92 Å². The minimum absolute atomic E-state index is 0.0587. The third kappa shape index (κ3) is 2.67. The molecule has 0 spiro atoms. The van der Waals surface area contributed by atoms with Crippen LogP contribution in [0.5, 0.6) is 0 Å². The Bertz CT molecular complexity index is 526. The number of carbonyl (C=O) groups excluding carboxylic acids is 1. The molecule has 1 amide bonds. The van der Waals surface area contributed by atoms with Crippen molar-refractivity contribution >= 4 is 11.6 Å². The summed E-state index contributed by atoms with van der Waals surface area (Å²) in [7, 11) is 1.65. The van der Waals surface area contributed by atoms with Crippen molar-refractivity contribution in [1.29, 1.82) is 0 Å². The van der Waals surface area contributed by atoms with Gasteiger partial charge in [-0.25, -0.2) is 0 Å². The van der Waals surface area contributed by atoms with Crippen molar-refractivity contribution in [3.63, 3.8) is 0 Å². The van der Waals surface area contributed by atoms with E-state index in [4.69, 9.17) is 5.73 Å². The normalized spacial score (nSPS) is 22.9. The predicted molar refractivity (Wildman–Crippen MR) is 74.3 cm³/mol. The zero-order valence-corrected chi connectivity index (χ0v) is 11.8. The summed E-state index contributed by atoms with van der Waals surface area (Å²) in [6.45, 7) is 3.29. The molecule has 0 bridgehead atoms. The molecular formula is C13H20N4O3. The van der Waals surface area contributed by atoms with Gasteiger partial charge in [0.2, 0.25) is 0 Å². The standard InChI is InChI=1S/C13H20N4O3/c1-3-9-7-16(5-4-11(9)14)13(18)12-6-10(17(19)20)8-15(12)2/h6,8-9,11H,3-5,7,14H2,1-2H3. The van der Waals surface area contributed by atoms with E-state index >= 15 is 0 Å². The number of amides is 1. The number of nitro groups is 1. The number of aryl methyl sites for hydroxylation is 1. The monoisotopic (exact) mass is 280 g/mol. The summed E-state index contributed by atoms with van der Waals surface area (Å²) in [6.07, 6.45) is 3.06. The van der Waals surface area contributed by atoms with Gasteiger partial charge in [0.1, 0.15) is 5.69 Å². The Kier molecular flexibility index (Phi) is 4.08. The van der Waals surface area contributed by atoms with Crippen LogP contribution in [-0.2, 0) is 7.05 Å². The topological polar surface area (TPSA) is 94.4 Å². The van der Waals surface area contributed by atoms with E-state index in [-0.39, 0.29) is 17.6 Å². The molecule has 2 atom stereocenters. The molecule has 2 rings (SSSR count). The van der Waals surface area contributed by atoms with Gasteiger partial charge in [0.15, 0.2) is 0 Å². The second kappa shape index (κ2) is 5.62. The van der Waals surface area contributed by atoms with E-state index in [0.29, 0.717) is 24.7 Å². The second-order valence-electron chi connectivity index (χ2n) is 5.32. The van der Waals surface area contributed by atoms with Crippen molar-refractivity contribution < 1.29 is 9.72 Å². The Labute approximate surface area is 117 Å². The van der Waals surface area contributed by atoms with Crippen LogP contribution in [0, 0.1) is 16.0 Å². The van der Waals surface area contributed by atoms with Gasteiger partial charge in [0.05, 0.1) is 11.1 Å². The molecule has 1 aromatic rings. The maximum atomic E-state index is 12.5. The highest BCUT2D eigenvalue weighted by atomic mass is 16.6. The highest BCUT2D eigenvalue weighted by Crippen LogP contribution is 2.22. The first-order valence-corrected chi connectivity index (χ1v) is 6.79. The van der Waals surface area contributed by atoms with Crippen molar-refractivity contribution in [1.82, 2.24) is 9.47 Å². The Morgan fingerprint density at radius 1 is 1.60 bits per heavy atom. The van der Waals surface area contributed by atoms with Crippen molar-refractivity contribution in [2.75, 3.05) is 13.1 Å². The van der Waals surface area contributed by atoms with Gasteiger partial charge >= 0.3 is 0 Å². The molecule has 0 saturated carbocycles. The molecule has 1 aromatic heterocycles. The number of likely N-dealkylation sites (tertiary alicyclic amines) is 1. The quantitative estimate of drug-likeness (QED) is 0.663. The van der Waals surface area contributed by atoms with Gasteiger partial charge < -0.3 is 15.2 Å². The van der Waals surface area contributed by atoms with Gasteiger partial charge in [0, 0.05) is 32.2 Å². The van der Waals surface area contributed by atoms with Crippen LogP contribution in [0.3, 0.4) is 0 Å². The highest BCUT2D eigenvalue weighted by molar-refractivity contribution is 5.93. The molecule has 2 heterocycles. The number of aromatic nitrogens is 1. The SMILES string of the molecule is CCC1CN(C(=O)c2cc([N+](=O)[O-])cn2C)CCC1N. The van der Waals surface area contributed by atoms with Crippen LogP contribution in [0.25, 0.3) is 0 Å². The minimum atomic E-state index is -0.488. The van der Waals surface area contributed by atoms with Crippen molar-refractivity contribution in [3.8, 4) is 0 Å². The van der Waals surface area contributed by atoms with Crippen LogP contribution < -0.4 is 5.73 Å². The Morgan fingerprint density at radius 2 is 2.30 bits per heavy atom. The fourth-order valence-corrected chi connectivity index (χ4v) is 2.69. The zero-order valence-electron chi connectivity index (χ0n) is 11.8. The number of nitrogens with zero attached hydrogens (tertiary/aromatic N) is 3. The van der Waals surface area contributed by atoms with Crippen LogP contribution in [0.15, 0.2) is 12.3 Å². The first kappa shape index (κ1) is 14.5. The van der Waals surface area contributed by atoms with Crippen LogP contribution in [0.1, 0.15) is 30.3 Å². The van der Waals surface area contributed by atoms with Gasteiger partial charge in [-0.05, 0) is 12.3 Å². The van der Waals surface area contributed by atoms with E-state index in [1.807, 2.05) is 0 Å². The van der Waals surface area contributed by atoms with E-state index in [1.165, 1.54) is 16.8 Å². The van der Waals surface area contributed by atoms with E-state index in [0.717, 1.165) is 12.8 Å². The van der Waals surface area contributed by atoms with Crippen LogP contribution in [-0.4, -0.2) is 39.4 Å². The Hall–Kier alpha value is -1.89. The average molecular weight is 280 g/mol. The van der Waals surface area contributed by atoms with Crippen LogP contribution in [0.2, 0.25) is 0 Å². The largest absolute Gasteiger partial charge is 0.340 e. The smallest absolute Gasteiger partial charge is 0.287 e. The first-order chi connectivity index (χ1) is 9.43. The zero-order chi connectivity index (χ0) is 14.9. The molecule has 2 N–H and O–H groups in total. The van der Waals surface area contributed by atoms with Gasteiger partial charge in [0.25, 0.3) is 11.6 Å². The lowest BCUT2D eigenvalue weighted by atomic mass is 9.90. The summed E-state index contributed by atoms with van der Waals surface area (Å²) >= 11 is 0.